The Morgan fingerprint density at radius 2 is 1.84 bits per heavy atom. The van der Waals surface area contributed by atoms with Gasteiger partial charge in [-0.25, -0.2) is 0 Å². The molecule has 0 saturated heterocycles. The lowest BCUT2D eigenvalue weighted by Crippen LogP contribution is -1.89. The van der Waals surface area contributed by atoms with Gasteiger partial charge in [0.1, 0.15) is 5.52 Å². The normalized spacial score (nSPS) is 10.8. The van der Waals surface area contributed by atoms with Gasteiger partial charge in [0.2, 0.25) is 0 Å². The molecule has 19 heavy (non-hydrogen) atoms. The van der Waals surface area contributed by atoms with Crippen molar-refractivity contribution < 1.29 is 5.11 Å². The molecule has 0 aliphatic carbocycles. The molecule has 0 saturated carbocycles. The van der Waals surface area contributed by atoms with Crippen LogP contribution in [0.5, 0.6) is 5.75 Å². The molecule has 3 heteroatoms. The van der Waals surface area contributed by atoms with Crippen molar-refractivity contribution in [3.05, 3.63) is 57.8 Å². The molecule has 0 radical (unpaired) electrons. The summed E-state index contributed by atoms with van der Waals surface area (Å²) < 4.78 is 0.821. The minimum Gasteiger partial charge on any atom is -0.505 e. The second-order valence-corrected chi connectivity index (χ2v) is 5.63. The van der Waals surface area contributed by atoms with E-state index in [0.717, 1.165) is 14.5 Å². The highest BCUT2D eigenvalue weighted by atomic mass is 127. The summed E-state index contributed by atoms with van der Waals surface area (Å²) in [6, 6.07) is 14.2. The van der Waals surface area contributed by atoms with Crippen LogP contribution in [0.3, 0.4) is 0 Å². The van der Waals surface area contributed by atoms with Crippen LogP contribution in [0.15, 0.2) is 48.7 Å². The lowest BCUT2D eigenvalue weighted by molar-refractivity contribution is 0.476. The van der Waals surface area contributed by atoms with Crippen molar-refractivity contribution in [3.63, 3.8) is 0 Å². The van der Waals surface area contributed by atoms with E-state index in [1.807, 2.05) is 30.3 Å². The van der Waals surface area contributed by atoms with Crippen LogP contribution in [0.2, 0.25) is 0 Å². The molecule has 3 rings (SSSR count). The van der Waals surface area contributed by atoms with E-state index >= 15 is 0 Å². The van der Waals surface area contributed by atoms with Gasteiger partial charge < -0.3 is 5.11 Å². The van der Waals surface area contributed by atoms with Gasteiger partial charge in [0.15, 0.2) is 5.75 Å². The average molecular weight is 361 g/mol. The minimum atomic E-state index is 0.258. The number of fused-ring (bicyclic) bond motifs is 1. The highest BCUT2D eigenvalue weighted by Gasteiger charge is 2.12. The van der Waals surface area contributed by atoms with Gasteiger partial charge >= 0.3 is 0 Å². The third-order valence-corrected chi connectivity index (χ3v) is 4.08. The summed E-state index contributed by atoms with van der Waals surface area (Å²) in [6.45, 7) is 2.09. The number of benzene rings is 2. The standard InChI is InChI=1S/C16H12INO/c1-10-5-2-3-6-11(10)13-9-14(17)16(19)15-12(13)7-4-8-18-15/h2-9,19H,1H3. The van der Waals surface area contributed by atoms with Crippen LogP contribution in [0, 0.1) is 10.5 Å². The average Bonchev–Trinajstić information content (AvgIpc) is 2.44. The number of phenolic OH excluding ortho intramolecular Hbond substituents is 1. The molecule has 0 fully saturated rings. The summed E-state index contributed by atoms with van der Waals surface area (Å²) in [5.41, 5.74) is 4.17. The molecule has 2 nitrogen and oxygen atoms in total. The maximum absolute atomic E-state index is 10.1. The molecule has 94 valence electrons. The molecular weight excluding hydrogens is 349 g/mol. The van der Waals surface area contributed by atoms with E-state index in [9.17, 15) is 5.11 Å². The van der Waals surface area contributed by atoms with Gasteiger partial charge in [-0.2, -0.15) is 0 Å². The third kappa shape index (κ3) is 2.08. The quantitative estimate of drug-likeness (QED) is 0.647. The van der Waals surface area contributed by atoms with E-state index in [-0.39, 0.29) is 5.75 Å². The van der Waals surface area contributed by atoms with Crippen molar-refractivity contribution in [1.82, 2.24) is 4.98 Å². The number of aromatic nitrogens is 1. The number of nitrogens with zero attached hydrogens (tertiary/aromatic N) is 1. The summed E-state index contributed by atoms with van der Waals surface area (Å²) in [6.07, 6.45) is 1.71. The van der Waals surface area contributed by atoms with Gasteiger partial charge in [0.05, 0.1) is 3.57 Å². The zero-order valence-corrected chi connectivity index (χ0v) is 12.5. The fraction of sp³-hybridized carbons (Fsp3) is 0.0625. The van der Waals surface area contributed by atoms with Crippen LogP contribution in [-0.2, 0) is 0 Å². The molecule has 0 amide bonds. The van der Waals surface area contributed by atoms with Crippen LogP contribution in [0.4, 0.5) is 0 Å². The van der Waals surface area contributed by atoms with E-state index < -0.39 is 0 Å². The number of hydrogen-bond donors (Lipinski definition) is 1. The Hall–Kier alpha value is -1.62. The first-order chi connectivity index (χ1) is 9.18. The Kier molecular flexibility index (Phi) is 3.14. The molecule has 1 heterocycles. The molecular formula is C16H12INO. The number of rotatable bonds is 1. The van der Waals surface area contributed by atoms with Crippen LogP contribution in [0.25, 0.3) is 22.0 Å². The first-order valence-electron chi connectivity index (χ1n) is 6.00. The Morgan fingerprint density at radius 3 is 2.63 bits per heavy atom. The lowest BCUT2D eigenvalue weighted by Gasteiger charge is -2.11. The van der Waals surface area contributed by atoms with Crippen molar-refractivity contribution in [1.29, 1.82) is 0 Å². The third-order valence-electron chi connectivity index (χ3n) is 3.25. The van der Waals surface area contributed by atoms with Gasteiger partial charge in [0.25, 0.3) is 0 Å². The predicted molar refractivity (Wildman–Crippen MR) is 86.3 cm³/mol. The fourth-order valence-corrected chi connectivity index (χ4v) is 2.86. The monoisotopic (exact) mass is 361 g/mol. The van der Waals surface area contributed by atoms with Gasteiger partial charge in [-0.05, 0) is 58.3 Å². The molecule has 1 N–H and O–H groups in total. The highest BCUT2D eigenvalue weighted by molar-refractivity contribution is 14.1. The Morgan fingerprint density at radius 1 is 1.05 bits per heavy atom. The summed E-state index contributed by atoms with van der Waals surface area (Å²) >= 11 is 2.15. The van der Waals surface area contributed by atoms with Crippen molar-refractivity contribution in [2.75, 3.05) is 0 Å². The van der Waals surface area contributed by atoms with Gasteiger partial charge in [0, 0.05) is 11.6 Å². The highest BCUT2D eigenvalue weighted by Crippen LogP contribution is 2.37. The number of phenols is 1. The van der Waals surface area contributed by atoms with Gasteiger partial charge in [-0.15, -0.1) is 0 Å². The summed E-state index contributed by atoms with van der Waals surface area (Å²) in [5, 5.41) is 11.1. The lowest BCUT2D eigenvalue weighted by atomic mass is 9.96. The number of hydrogen-bond acceptors (Lipinski definition) is 2. The molecule has 0 spiro atoms. The predicted octanol–water partition coefficient (Wildman–Crippen LogP) is 4.52. The van der Waals surface area contributed by atoms with Crippen molar-refractivity contribution >= 4 is 33.5 Å². The van der Waals surface area contributed by atoms with Crippen molar-refractivity contribution in [2.24, 2.45) is 0 Å². The molecule has 0 atom stereocenters. The van der Waals surface area contributed by atoms with Crippen molar-refractivity contribution in [3.8, 4) is 16.9 Å². The van der Waals surface area contributed by atoms with E-state index in [4.69, 9.17) is 0 Å². The molecule has 0 aliphatic heterocycles. The summed E-state index contributed by atoms with van der Waals surface area (Å²) in [5.74, 6) is 0.258. The maximum Gasteiger partial charge on any atom is 0.155 e. The number of aromatic hydroxyl groups is 1. The SMILES string of the molecule is Cc1ccccc1-c1cc(I)c(O)c2ncccc12. The number of pyridine rings is 1. The first kappa shape index (κ1) is 12.4. The molecule has 0 unspecified atom stereocenters. The first-order valence-corrected chi connectivity index (χ1v) is 7.08. The second kappa shape index (κ2) is 4.81. The topological polar surface area (TPSA) is 33.1 Å². The van der Waals surface area contributed by atoms with Crippen molar-refractivity contribution in [2.45, 2.75) is 6.92 Å². The van der Waals surface area contributed by atoms with E-state index in [2.05, 4.69) is 46.6 Å². The van der Waals surface area contributed by atoms with Crippen LogP contribution >= 0.6 is 22.6 Å². The molecule has 0 bridgehead atoms. The zero-order valence-electron chi connectivity index (χ0n) is 10.4. The molecule has 3 aromatic rings. The van der Waals surface area contributed by atoms with Gasteiger partial charge in [-0.3, -0.25) is 4.98 Å². The van der Waals surface area contributed by atoms with Crippen LogP contribution in [0.1, 0.15) is 5.56 Å². The second-order valence-electron chi connectivity index (χ2n) is 4.47. The van der Waals surface area contributed by atoms with Gasteiger partial charge in [-0.1, -0.05) is 30.3 Å². The van der Waals surface area contributed by atoms with E-state index in [0.29, 0.717) is 5.52 Å². The number of aryl methyl sites for hydroxylation is 1. The fourth-order valence-electron chi connectivity index (χ4n) is 2.30. The molecule has 0 aliphatic rings. The van der Waals surface area contributed by atoms with E-state index in [1.165, 1.54) is 11.1 Å². The zero-order chi connectivity index (χ0) is 13.4. The minimum absolute atomic E-state index is 0.258. The van der Waals surface area contributed by atoms with E-state index in [1.54, 1.807) is 6.20 Å². The van der Waals surface area contributed by atoms with Crippen LogP contribution < -0.4 is 0 Å². The Labute approximate surface area is 125 Å². The van der Waals surface area contributed by atoms with Crippen LogP contribution in [-0.4, -0.2) is 10.1 Å². The largest absolute Gasteiger partial charge is 0.505 e. The molecule has 1 aromatic heterocycles. The molecule has 2 aromatic carbocycles. The Bertz CT molecular complexity index is 768. The smallest absolute Gasteiger partial charge is 0.155 e. The maximum atomic E-state index is 10.1. The Balaban J connectivity index is 2.43. The summed E-state index contributed by atoms with van der Waals surface area (Å²) in [7, 11) is 0. The number of halogens is 1. The summed E-state index contributed by atoms with van der Waals surface area (Å²) in [4.78, 5) is 4.30.